The average Bonchev–Trinajstić information content (AvgIpc) is 3.57. The molecule has 2 unspecified atom stereocenters. The molecule has 2 aromatic rings. The first-order valence-corrected chi connectivity index (χ1v) is 15.5. The normalized spacial score (nSPS) is 19.0. The van der Waals surface area contributed by atoms with Crippen LogP contribution in [0.4, 0.5) is 0 Å². The highest BCUT2D eigenvalue weighted by molar-refractivity contribution is 6.17. The second-order valence-corrected chi connectivity index (χ2v) is 10.8. The van der Waals surface area contributed by atoms with Gasteiger partial charge in [-0.1, -0.05) is 50.6 Å². The van der Waals surface area contributed by atoms with Crippen LogP contribution in [0.3, 0.4) is 0 Å². The molecule has 1 fully saturated rings. The molecule has 44 heavy (non-hydrogen) atoms. The molecule has 3 heterocycles. The van der Waals surface area contributed by atoms with E-state index in [1.165, 1.54) is 26.4 Å². The van der Waals surface area contributed by atoms with Crippen LogP contribution in [0.15, 0.2) is 48.1 Å². The van der Waals surface area contributed by atoms with Crippen molar-refractivity contribution in [1.29, 1.82) is 10.7 Å². The van der Waals surface area contributed by atoms with Gasteiger partial charge in [-0.25, -0.2) is 4.98 Å². The van der Waals surface area contributed by atoms with Crippen LogP contribution in [0, 0.1) is 22.7 Å². The van der Waals surface area contributed by atoms with Crippen LogP contribution in [0.1, 0.15) is 86.5 Å². The summed E-state index contributed by atoms with van der Waals surface area (Å²) in [5.74, 6) is 0.371. The van der Waals surface area contributed by atoms with Crippen molar-refractivity contribution in [3.63, 3.8) is 0 Å². The number of allylic oxidation sites excluding steroid dienone is 2. The monoisotopic (exact) mass is 598 g/mol. The van der Waals surface area contributed by atoms with E-state index in [1.807, 2.05) is 51.1 Å². The van der Waals surface area contributed by atoms with Gasteiger partial charge in [-0.05, 0) is 85.2 Å². The van der Waals surface area contributed by atoms with Crippen molar-refractivity contribution >= 4 is 29.5 Å². The van der Waals surface area contributed by atoms with Gasteiger partial charge in [0.2, 0.25) is 5.90 Å². The highest BCUT2D eigenvalue weighted by atomic mass is 16.5. The SMILES string of the molecule is C/C=C(\C(=N)OC)c1ccc(=C/C)/c(=C\C(=C\CC)CNC(=O)c2ccc3c(c2)C(C#N)COC3)n1.CCCC1CCOC1. The Bertz CT molecular complexity index is 1510. The molecule has 8 heteroatoms. The summed E-state index contributed by atoms with van der Waals surface area (Å²) in [6.45, 7) is 11.2. The third-order valence-corrected chi connectivity index (χ3v) is 7.73. The Morgan fingerprint density at radius 1 is 1.20 bits per heavy atom. The Morgan fingerprint density at radius 3 is 2.66 bits per heavy atom. The van der Waals surface area contributed by atoms with Crippen molar-refractivity contribution in [2.24, 2.45) is 5.92 Å². The van der Waals surface area contributed by atoms with E-state index in [0.29, 0.717) is 36.6 Å². The minimum Gasteiger partial charge on any atom is -0.481 e. The fraction of sp³-hybridized carbons (Fsp3) is 0.444. The Kier molecular flexibility index (Phi) is 14.0. The van der Waals surface area contributed by atoms with Crippen LogP contribution in [0.5, 0.6) is 0 Å². The van der Waals surface area contributed by atoms with Crippen LogP contribution in [-0.2, 0) is 20.8 Å². The molecule has 1 aromatic heterocycles. The molecule has 1 saturated heterocycles. The summed E-state index contributed by atoms with van der Waals surface area (Å²) in [5.41, 5.74) is 4.50. The predicted molar refractivity (Wildman–Crippen MR) is 175 cm³/mol. The topological polar surface area (TPSA) is 117 Å². The lowest BCUT2D eigenvalue weighted by atomic mass is 9.92. The number of nitriles is 1. The molecule has 2 N–H and O–H groups in total. The van der Waals surface area contributed by atoms with Gasteiger partial charge >= 0.3 is 0 Å². The number of nitrogens with one attached hydrogen (secondary N) is 2. The molecule has 4 rings (SSSR count). The molecule has 0 saturated carbocycles. The summed E-state index contributed by atoms with van der Waals surface area (Å²) in [5, 5.41) is 22.2. The lowest BCUT2D eigenvalue weighted by Gasteiger charge is -2.21. The first kappa shape index (κ1) is 34.4. The Hall–Kier alpha value is -4.06. The van der Waals surface area contributed by atoms with Gasteiger partial charge in [-0.15, -0.1) is 0 Å². The van der Waals surface area contributed by atoms with Gasteiger partial charge in [0, 0.05) is 25.3 Å². The zero-order valence-electron chi connectivity index (χ0n) is 26.7. The standard InChI is InChI=1S/C29H32N4O3.C7H14O/c1-5-8-19(13-27-20(6-2)11-12-26(33-27)24(7-3)28(31)35-4)16-32-29(34)21-9-10-22-17-36-18-23(15-30)25(22)14-21;1-2-3-7-4-5-8-6-7/h6-14,23,31H,5,16-18H2,1-4H3,(H,32,34);7H,2-6H2,1H3/b19-8-,20-6-,24-7-,27-13+,31-28?;. The number of amides is 1. The lowest BCUT2D eigenvalue weighted by molar-refractivity contribution is 0.0952. The zero-order valence-corrected chi connectivity index (χ0v) is 26.7. The van der Waals surface area contributed by atoms with Gasteiger partial charge in [0.05, 0.1) is 48.9 Å². The summed E-state index contributed by atoms with van der Waals surface area (Å²) >= 11 is 0. The molecule has 2 aliphatic heterocycles. The largest absolute Gasteiger partial charge is 0.481 e. The maximum absolute atomic E-state index is 13.0. The highest BCUT2D eigenvalue weighted by Gasteiger charge is 2.22. The highest BCUT2D eigenvalue weighted by Crippen LogP contribution is 2.27. The van der Waals surface area contributed by atoms with E-state index >= 15 is 0 Å². The number of fused-ring (bicyclic) bond motifs is 1. The first-order valence-electron chi connectivity index (χ1n) is 15.5. The molecule has 2 aliphatic rings. The molecule has 0 radical (unpaired) electrons. The number of carbonyl (C=O) groups excluding carboxylic acids is 1. The fourth-order valence-corrected chi connectivity index (χ4v) is 5.30. The van der Waals surface area contributed by atoms with E-state index in [4.69, 9.17) is 24.6 Å². The zero-order chi connectivity index (χ0) is 31.9. The third kappa shape index (κ3) is 9.47. The number of rotatable bonds is 9. The number of carbonyl (C=O) groups is 1. The number of aromatic nitrogens is 1. The molecule has 0 bridgehead atoms. The van der Waals surface area contributed by atoms with Gasteiger partial charge < -0.3 is 19.5 Å². The van der Waals surface area contributed by atoms with Crippen LogP contribution < -0.4 is 15.9 Å². The maximum atomic E-state index is 13.0. The number of hydrogen-bond donors (Lipinski definition) is 2. The van der Waals surface area contributed by atoms with Crippen molar-refractivity contribution in [3.8, 4) is 6.07 Å². The second kappa shape index (κ2) is 17.9. The van der Waals surface area contributed by atoms with E-state index in [2.05, 4.69) is 24.4 Å². The molecule has 1 amide bonds. The second-order valence-electron chi connectivity index (χ2n) is 10.8. The van der Waals surface area contributed by atoms with Crippen molar-refractivity contribution < 1.29 is 19.0 Å². The minimum atomic E-state index is -0.367. The van der Waals surface area contributed by atoms with E-state index in [0.717, 1.165) is 52.8 Å². The van der Waals surface area contributed by atoms with Crippen molar-refractivity contribution in [3.05, 3.63) is 81.0 Å². The van der Waals surface area contributed by atoms with Gasteiger partial charge in [-0.3, -0.25) is 10.2 Å². The van der Waals surface area contributed by atoms with E-state index < -0.39 is 0 Å². The van der Waals surface area contributed by atoms with Crippen molar-refractivity contribution in [1.82, 2.24) is 10.3 Å². The fourth-order valence-electron chi connectivity index (χ4n) is 5.30. The third-order valence-electron chi connectivity index (χ3n) is 7.73. The summed E-state index contributed by atoms with van der Waals surface area (Å²) in [6, 6.07) is 11.5. The average molecular weight is 599 g/mol. The molecule has 234 valence electrons. The van der Waals surface area contributed by atoms with E-state index in [1.54, 1.807) is 18.2 Å². The molecular formula is C36H46N4O4. The Morgan fingerprint density at radius 2 is 2.02 bits per heavy atom. The number of benzene rings is 1. The summed E-state index contributed by atoms with van der Waals surface area (Å²) < 4.78 is 15.8. The van der Waals surface area contributed by atoms with Gasteiger partial charge in [-0.2, -0.15) is 5.26 Å². The van der Waals surface area contributed by atoms with Crippen LogP contribution in [0.25, 0.3) is 17.7 Å². The van der Waals surface area contributed by atoms with Gasteiger partial charge in [0.1, 0.15) is 0 Å². The molecule has 8 nitrogen and oxygen atoms in total. The summed E-state index contributed by atoms with van der Waals surface area (Å²) in [7, 11) is 1.47. The van der Waals surface area contributed by atoms with Crippen LogP contribution >= 0.6 is 0 Å². The molecule has 0 aliphatic carbocycles. The predicted octanol–water partition coefficient (Wildman–Crippen LogP) is 5.42. The molecular weight excluding hydrogens is 552 g/mol. The number of ether oxygens (including phenoxy) is 3. The number of methoxy groups -OCH3 is 1. The minimum absolute atomic E-state index is 0.0519. The molecule has 2 atom stereocenters. The maximum Gasteiger partial charge on any atom is 0.251 e. The molecule has 1 aromatic carbocycles. The number of hydrogen-bond acceptors (Lipinski definition) is 7. The van der Waals surface area contributed by atoms with Crippen LogP contribution in [-0.4, -0.2) is 50.3 Å². The van der Waals surface area contributed by atoms with E-state index in [-0.39, 0.29) is 17.7 Å². The van der Waals surface area contributed by atoms with Crippen LogP contribution in [0.2, 0.25) is 0 Å². The smallest absolute Gasteiger partial charge is 0.251 e. The van der Waals surface area contributed by atoms with Gasteiger partial charge in [0.15, 0.2) is 0 Å². The van der Waals surface area contributed by atoms with Gasteiger partial charge in [0.25, 0.3) is 5.91 Å². The van der Waals surface area contributed by atoms with Crippen molar-refractivity contribution in [2.45, 2.75) is 65.9 Å². The van der Waals surface area contributed by atoms with Crippen molar-refractivity contribution in [2.75, 3.05) is 33.5 Å². The summed E-state index contributed by atoms with van der Waals surface area (Å²) in [6.07, 6.45) is 12.6. The molecule has 0 spiro atoms. The quantitative estimate of drug-likeness (QED) is 0.294. The number of nitrogens with zero attached hydrogens (tertiary/aromatic N) is 2. The number of pyridine rings is 1. The Labute approximate surface area is 261 Å². The first-order chi connectivity index (χ1) is 21.4. The van der Waals surface area contributed by atoms with E-state index in [9.17, 15) is 10.1 Å². The Balaban J connectivity index is 0.000000572. The summed E-state index contributed by atoms with van der Waals surface area (Å²) in [4.78, 5) is 17.8. The lowest BCUT2D eigenvalue weighted by Crippen LogP contribution is -2.31.